The zero-order valence-corrected chi connectivity index (χ0v) is 14.9. The summed E-state index contributed by atoms with van der Waals surface area (Å²) >= 11 is 0. The number of phenols is 3. The molecule has 0 saturated carbocycles. The Kier molecular flexibility index (Phi) is 5.70. The van der Waals surface area contributed by atoms with Crippen LogP contribution in [-0.2, 0) is 10.8 Å². The van der Waals surface area contributed by atoms with Crippen molar-refractivity contribution in [2.75, 3.05) is 0 Å². The zero-order valence-electron chi connectivity index (χ0n) is 14.9. The van der Waals surface area contributed by atoms with Crippen LogP contribution in [0.5, 0.6) is 17.2 Å². The topological polar surface area (TPSA) is 60.7 Å². The fraction of sp³-hybridized carbons (Fsp3) is 0.400. The van der Waals surface area contributed by atoms with Gasteiger partial charge in [-0.15, -0.1) is 0 Å². The highest BCUT2D eigenvalue weighted by Gasteiger charge is 2.19. The maximum atomic E-state index is 9.48. The Balaban J connectivity index is 0.000000231. The van der Waals surface area contributed by atoms with Crippen molar-refractivity contribution in [2.45, 2.75) is 52.4 Å². The summed E-state index contributed by atoms with van der Waals surface area (Å²) in [5.41, 5.74) is 2.05. The minimum Gasteiger partial charge on any atom is -0.508 e. The van der Waals surface area contributed by atoms with Crippen LogP contribution in [0.4, 0.5) is 0 Å². The molecule has 2 aromatic carbocycles. The van der Waals surface area contributed by atoms with E-state index in [1.165, 1.54) is 11.6 Å². The van der Waals surface area contributed by atoms with Crippen molar-refractivity contribution in [1.29, 1.82) is 0 Å². The fourth-order valence-corrected chi connectivity index (χ4v) is 2.10. The lowest BCUT2D eigenvalue weighted by Gasteiger charge is -2.20. The molecule has 0 amide bonds. The van der Waals surface area contributed by atoms with Crippen molar-refractivity contribution in [3.63, 3.8) is 0 Å². The normalized spacial score (nSPS) is 11.6. The van der Waals surface area contributed by atoms with E-state index in [9.17, 15) is 10.2 Å². The van der Waals surface area contributed by atoms with Crippen molar-refractivity contribution in [3.05, 3.63) is 53.6 Å². The molecular weight excluding hydrogens is 288 g/mol. The molecular formula is C20H28O3. The Morgan fingerprint density at radius 3 is 1.57 bits per heavy atom. The molecule has 0 unspecified atom stereocenters. The van der Waals surface area contributed by atoms with Crippen molar-refractivity contribution < 1.29 is 15.3 Å². The van der Waals surface area contributed by atoms with Crippen LogP contribution in [0, 0.1) is 0 Å². The number of para-hydroxylation sites is 1. The van der Waals surface area contributed by atoms with Gasteiger partial charge in [0.2, 0.25) is 0 Å². The van der Waals surface area contributed by atoms with Gasteiger partial charge in [-0.25, -0.2) is 0 Å². The van der Waals surface area contributed by atoms with Crippen LogP contribution in [0.15, 0.2) is 42.5 Å². The Labute approximate surface area is 139 Å². The van der Waals surface area contributed by atoms with Crippen LogP contribution >= 0.6 is 0 Å². The molecule has 0 saturated heterocycles. The first-order chi connectivity index (χ1) is 10.4. The summed E-state index contributed by atoms with van der Waals surface area (Å²) in [4.78, 5) is 0. The van der Waals surface area contributed by atoms with E-state index in [0.717, 1.165) is 5.56 Å². The predicted molar refractivity (Wildman–Crippen MR) is 95.3 cm³/mol. The van der Waals surface area contributed by atoms with Gasteiger partial charge in [-0.05, 0) is 34.6 Å². The number of hydrogen-bond donors (Lipinski definition) is 3. The Hall–Kier alpha value is -2.16. The second-order valence-electron chi connectivity index (χ2n) is 7.72. The molecule has 0 atom stereocenters. The van der Waals surface area contributed by atoms with Crippen LogP contribution in [0.25, 0.3) is 0 Å². The van der Waals surface area contributed by atoms with Gasteiger partial charge >= 0.3 is 0 Å². The second kappa shape index (κ2) is 6.95. The van der Waals surface area contributed by atoms with E-state index < -0.39 is 0 Å². The molecule has 0 aliphatic carbocycles. The predicted octanol–water partition coefficient (Wildman–Crippen LogP) is 5.09. The smallest absolute Gasteiger partial charge is 0.161 e. The maximum absolute atomic E-state index is 9.48. The summed E-state index contributed by atoms with van der Waals surface area (Å²) in [5, 5.41) is 27.7. The molecule has 3 heteroatoms. The van der Waals surface area contributed by atoms with Crippen molar-refractivity contribution in [3.8, 4) is 17.2 Å². The van der Waals surface area contributed by atoms with Crippen LogP contribution in [0.1, 0.15) is 52.7 Å². The molecule has 126 valence electrons. The van der Waals surface area contributed by atoms with E-state index in [2.05, 4.69) is 20.8 Å². The SMILES string of the molecule is CC(C)(C)c1ccc(O)cc1.CC(C)(C)c1cccc(O)c1O. The third kappa shape index (κ3) is 5.51. The Morgan fingerprint density at radius 2 is 1.17 bits per heavy atom. The van der Waals surface area contributed by atoms with Gasteiger partial charge < -0.3 is 15.3 Å². The largest absolute Gasteiger partial charge is 0.508 e. The van der Waals surface area contributed by atoms with Gasteiger partial charge in [0.05, 0.1) is 0 Å². The van der Waals surface area contributed by atoms with E-state index in [0.29, 0.717) is 5.75 Å². The van der Waals surface area contributed by atoms with Gasteiger partial charge in [-0.1, -0.05) is 65.8 Å². The molecule has 2 aromatic rings. The highest BCUT2D eigenvalue weighted by atomic mass is 16.3. The van der Waals surface area contributed by atoms with Crippen molar-refractivity contribution in [2.24, 2.45) is 0 Å². The van der Waals surface area contributed by atoms with E-state index in [1.54, 1.807) is 18.2 Å². The van der Waals surface area contributed by atoms with Gasteiger partial charge in [-0.2, -0.15) is 0 Å². The quantitative estimate of drug-likeness (QED) is 0.594. The molecule has 0 aliphatic heterocycles. The lowest BCUT2D eigenvalue weighted by Crippen LogP contribution is -2.10. The third-order valence-corrected chi connectivity index (χ3v) is 3.56. The lowest BCUT2D eigenvalue weighted by molar-refractivity contribution is 0.389. The van der Waals surface area contributed by atoms with E-state index in [1.807, 2.05) is 39.0 Å². The molecule has 0 aliphatic rings. The van der Waals surface area contributed by atoms with E-state index in [-0.39, 0.29) is 22.3 Å². The monoisotopic (exact) mass is 316 g/mol. The van der Waals surface area contributed by atoms with Gasteiger partial charge in [-0.3, -0.25) is 0 Å². The first-order valence-corrected chi connectivity index (χ1v) is 7.74. The number of rotatable bonds is 0. The van der Waals surface area contributed by atoms with Gasteiger partial charge in [0.1, 0.15) is 5.75 Å². The number of benzene rings is 2. The minimum atomic E-state index is -0.136. The molecule has 0 radical (unpaired) electrons. The molecule has 0 spiro atoms. The molecule has 23 heavy (non-hydrogen) atoms. The summed E-state index contributed by atoms with van der Waals surface area (Å²) in [6.45, 7) is 12.4. The highest BCUT2D eigenvalue weighted by molar-refractivity contribution is 5.47. The molecule has 0 aromatic heterocycles. The van der Waals surface area contributed by atoms with Crippen molar-refractivity contribution in [1.82, 2.24) is 0 Å². The summed E-state index contributed by atoms with van der Waals surface area (Å²) in [5.74, 6) is 0.269. The number of aromatic hydroxyl groups is 3. The molecule has 2 rings (SSSR count). The zero-order chi connectivity index (χ0) is 17.8. The Morgan fingerprint density at radius 1 is 0.652 bits per heavy atom. The number of phenolic OH excluding ortho intramolecular Hbond substituents is 3. The van der Waals surface area contributed by atoms with Gasteiger partial charge in [0.15, 0.2) is 11.5 Å². The number of hydrogen-bond acceptors (Lipinski definition) is 3. The third-order valence-electron chi connectivity index (χ3n) is 3.56. The average molecular weight is 316 g/mol. The van der Waals surface area contributed by atoms with Gasteiger partial charge in [0, 0.05) is 5.56 Å². The second-order valence-corrected chi connectivity index (χ2v) is 7.72. The molecule has 3 nitrogen and oxygen atoms in total. The first-order valence-electron chi connectivity index (χ1n) is 7.74. The van der Waals surface area contributed by atoms with Gasteiger partial charge in [0.25, 0.3) is 0 Å². The van der Waals surface area contributed by atoms with Crippen LogP contribution < -0.4 is 0 Å². The summed E-state index contributed by atoms with van der Waals surface area (Å²) in [6.07, 6.45) is 0. The van der Waals surface area contributed by atoms with E-state index >= 15 is 0 Å². The standard InChI is InChI=1S/C10H14O2.C10H14O/c1-10(2,3)7-5-4-6-8(11)9(7)12;1-10(2,3)8-4-6-9(11)7-5-8/h4-6,11-12H,1-3H3;4-7,11H,1-3H3. The van der Waals surface area contributed by atoms with Crippen LogP contribution in [0.2, 0.25) is 0 Å². The maximum Gasteiger partial charge on any atom is 0.161 e. The summed E-state index contributed by atoms with van der Waals surface area (Å²) in [7, 11) is 0. The molecule has 3 N–H and O–H groups in total. The molecule has 0 bridgehead atoms. The summed E-state index contributed by atoms with van der Waals surface area (Å²) < 4.78 is 0. The first kappa shape index (κ1) is 18.9. The lowest BCUT2D eigenvalue weighted by atomic mass is 9.86. The molecule has 0 fully saturated rings. The van der Waals surface area contributed by atoms with Crippen molar-refractivity contribution >= 4 is 0 Å². The van der Waals surface area contributed by atoms with E-state index in [4.69, 9.17) is 5.11 Å². The summed E-state index contributed by atoms with van der Waals surface area (Å²) in [6, 6.07) is 12.4. The Bertz CT molecular complexity index is 629. The van der Waals surface area contributed by atoms with Crippen LogP contribution in [0.3, 0.4) is 0 Å². The average Bonchev–Trinajstić information content (AvgIpc) is 2.41. The molecule has 0 heterocycles. The minimum absolute atomic E-state index is 0.00926. The van der Waals surface area contributed by atoms with Crippen LogP contribution in [-0.4, -0.2) is 15.3 Å². The fourth-order valence-electron chi connectivity index (χ4n) is 2.10. The highest BCUT2D eigenvalue weighted by Crippen LogP contribution is 2.36.